The van der Waals surface area contributed by atoms with E-state index in [0.29, 0.717) is 18.9 Å². The van der Waals surface area contributed by atoms with Crippen LogP contribution in [0.4, 0.5) is 0 Å². The third-order valence-electron chi connectivity index (χ3n) is 5.47. The molecule has 0 saturated heterocycles. The SMILES string of the molecule is CCCCC(=O)NCC1c2ccccc2C(O)CC1Cc1ccccc1. The second-order valence-electron chi connectivity index (χ2n) is 7.34. The Hall–Kier alpha value is -2.13. The molecule has 0 aliphatic heterocycles. The minimum absolute atomic E-state index is 0.133. The van der Waals surface area contributed by atoms with Crippen LogP contribution in [0.25, 0.3) is 0 Å². The molecule has 1 aliphatic carbocycles. The number of benzene rings is 2. The van der Waals surface area contributed by atoms with Crippen LogP contribution in [0, 0.1) is 5.92 Å². The molecule has 3 rings (SSSR count). The first-order chi connectivity index (χ1) is 12.7. The Bertz CT molecular complexity index is 713. The van der Waals surface area contributed by atoms with Gasteiger partial charge in [-0.1, -0.05) is 67.9 Å². The van der Waals surface area contributed by atoms with Crippen LogP contribution in [0.3, 0.4) is 0 Å². The van der Waals surface area contributed by atoms with Gasteiger partial charge in [0.2, 0.25) is 5.91 Å². The first-order valence-electron chi connectivity index (χ1n) is 9.76. The van der Waals surface area contributed by atoms with Gasteiger partial charge in [0.1, 0.15) is 0 Å². The average Bonchev–Trinajstić information content (AvgIpc) is 2.67. The maximum atomic E-state index is 12.1. The Balaban J connectivity index is 1.79. The minimum Gasteiger partial charge on any atom is -0.388 e. The molecule has 0 spiro atoms. The first kappa shape index (κ1) is 18.7. The van der Waals surface area contributed by atoms with Gasteiger partial charge in [-0.2, -0.15) is 0 Å². The average molecular weight is 351 g/mol. The Morgan fingerprint density at radius 2 is 1.77 bits per heavy atom. The molecule has 3 heteroatoms. The predicted molar refractivity (Wildman–Crippen MR) is 105 cm³/mol. The monoisotopic (exact) mass is 351 g/mol. The lowest BCUT2D eigenvalue weighted by molar-refractivity contribution is -0.121. The summed E-state index contributed by atoms with van der Waals surface area (Å²) >= 11 is 0. The summed E-state index contributed by atoms with van der Waals surface area (Å²) in [4.78, 5) is 12.1. The Morgan fingerprint density at radius 1 is 1.08 bits per heavy atom. The number of hydrogen-bond donors (Lipinski definition) is 2. The molecule has 0 radical (unpaired) electrons. The molecule has 2 aromatic rings. The van der Waals surface area contributed by atoms with Crippen LogP contribution in [-0.4, -0.2) is 17.6 Å². The molecule has 2 aromatic carbocycles. The second kappa shape index (κ2) is 9.00. The molecule has 3 unspecified atom stereocenters. The molecule has 3 nitrogen and oxygen atoms in total. The molecule has 26 heavy (non-hydrogen) atoms. The molecular formula is C23H29NO2. The van der Waals surface area contributed by atoms with Crippen molar-refractivity contribution in [2.45, 2.75) is 51.0 Å². The van der Waals surface area contributed by atoms with Crippen LogP contribution in [0.1, 0.15) is 61.3 Å². The summed E-state index contributed by atoms with van der Waals surface area (Å²) in [6.45, 7) is 2.74. The number of aliphatic hydroxyl groups excluding tert-OH is 1. The lowest BCUT2D eigenvalue weighted by Crippen LogP contribution is -2.35. The smallest absolute Gasteiger partial charge is 0.220 e. The Labute approximate surface area is 156 Å². The van der Waals surface area contributed by atoms with E-state index in [4.69, 9.17) is 0 Å². The number of nitrogens with one attached hydrogen (secondary N) is 1. The lowest BCUT2D eigenvalue weighted by atomic mass is 9.71. The summed E-state index contributed by atoms with van der Waals surface area (Å²) in [5, 5.41) is 13.8. The molecular weight excluding hydrogens is 322 g/mol. The van der Waals surface area contributed by atoms with Gasteiger partial charge in [-0.15, -0.1) is 0 Å². The van der Waals surface area contributed by atoms with Crippen molar-refractivity contribution in [2.75, 3.05) is 6.54 Å². The molecule has 2 N–H and O–H groups in total. The second-order valence-corrected chi connectivity index (χ2v) is 7.34. The fourth-order valence-electron chi connectivity index (χ4n) is 4.05. The van der Waals surface area contributed by atoms with Crippen molar-refractivity contribution in [3.05, 3.63) is 71.3 Å². The fourth-order valence-corrected chi connectivity index (χ4v) is 4.05. The lowest BCUT2D eigenvalue weighted by Gasteiger charge is -2.36. The maximum Gasteiger partial charge on any atom is 0.220 e. The van der Waals surface area contributed by atoms with Gasteiger partial charge >= 0.3 is 0 Å². The number of rotatable bonds is 7. The van der Waals surface area contributed by atoms with Crippen LogP contribution < -0.4 is 5.32 Å². The zero-order valence-corrected chi connectivity index (χ0v) is 15.5. The molecule has 0 bridgehead atoms. The third-order valence-corrected chi connectivity index (χ3v) is 5.47. The van der Waals surface area contributed by atoms with Crippen LogP contribution in [-0.2, 0) is 11.2 Å². The highest BCUT2D eigenvalue weighted by Crippen LogP contribution is 2.42. The maximum absolute atomic E-state index is 12.1. The van der Waals surface area contributed by atoms with Crippen molar-refractivity contribution in [3.63, 3.8) is 0 Å². The number of fused-ring (bicyclic) bond motifs is 1. The Morgan fingerprint density at radius 3 is 2.50 bits per heavy atom. The van der Waals surface area contributed by atoms with Gasteiger partial charge in [0.25, 0.3) is 0 Å². The first-order valence-corrected chi connectivity index (χ1v) is 9.76. The highest BCUT2D eigenvalue weighted by molar-refractivity contribution is 5.75. The predicted octanol–water partition coefficient (Wildman–Crippen LogP) is 4.37. The number of aliphatic hydroxyl groups is 1. The number of carbonyl (C=O) groups is 1. The third kappa shape index (κ3) is 4.53. The molecule has 138 valence electrons. The number of amides is 1. The van der Waals surface area contributed by atoms with E-state index in [0.717, 1.165) is 31.2 Å². The van der Waals surface area contributed by atoms with E-state index in [1.807, 2.05) is 24.3 Å². The van der Waals surface area contributed by atoms with E-state index in [-0.39, 0.29) is 11.8 Å². The fraction of sp³-hybridized carbons (Fsp3) is 0.435. The zero-order valence-electron chi connectivity index (χ0n) is 15.5. The van der Waals surface area contributed by atoms with Crippen molar-refractivity contribution in [1.82, 2.24) is 5.32 Å². The molecule has 1 aliphatic rings. The van der Waals surface area contributed by atoms with Crippen LogP contribution in [0.2, 0.25) is 0 Å². The van der Waals surface area contributed by atoms with Crippen molar-refractivity contribution in [2.24, 2.45) is 5.92 Å². The summed E-state index contributed by atoms with van der Waals surface area (Å²) in [5.41, 5.74) is 3.49. The zero-order chi connectivity index (χ0) is 18.4. The molecule has 1 amide bonds. The van der Waals surface area contributed by atoms with Gasteiger partial charge in [-0.3, -0.25) is 4.79 Å². The topological polar surface area (TPSA) is 49.3 Å². The molecule has 0 heterocycles. The number of carbonyl (C=O) groups excluding carboxylic acids is 1. The van der Waals surface area contributed by atoms with E-state index in [1.165, 1.54) is 11.1 Å². The van der Waals surface area contributed by atoms with Crippen molar-refractivity contribution in [1.29, 1.82) is 0 Å². The van der Waals surface area contributed by atoms with Gasteiger partial charge < -0.3 is 10.4 Å². The Kier molecular flexibility index (Phi) is 6.45. The highest BCUT2D eigenvalue weighted by atomic mass is 16.3. The normalized spacial score (nSPS) is 21.8. The molecule has 0 saturated carbocycles. The largest absolute Gasteiger partial charge is 0.388 e. The van der Waals surface area contributed by atoms with E-state index >= 15 is 0 Å². The summed E-state index contributed by atoms with van der Waals surface area (Å²) in [6, 6.07) is 18.6. The van der Waals surface area contributed by atoms with Crippen molar-refractivity contribution in [3.8, 4) is 0 Å². The summed E-state index contributed by atoms with van der Waals surface area (Å²) in [7, 11) is 0. The van der Waals surface area contributed by atoms with Gasteiger partial charge in [-0.25, -0.2) is 0 Å². The van der Waals surface area contributed by atoms with Gasteiger partial charge in [0.15, 0.2) is 0 Å². The van der Waals surface area contributed by atoms with E-state index in [2.05, 4.69) is 42.6 Å². The standard InChI is InChI=1S/C23H29NO2/c1-2-3-13-23(26)24-16-21-18(14-17-9-5-4-6-10-17)15-22(25)20-12-8-7-11-19(20)21/h4-12,18,21-22,25H,2-3,13-16H2,1H3,(H,24,26). The van der Waals surface area contributed by atoms with Gasteiger partial charge in [-0.05, 0) is 41.9 Å². The summed E-state index contributed by atoms with van der Waals surface area (Å²) < 4.78 is 0. The number of unbranched alkanes of at least 4 members (excludes halogenated alkanes) is 1. The van der Waals surface area contributed by atoms with Gasteiger partial charge in [0.05, 0.1) is 6.10 Å². The number of hydrogen-bond acceptors (Lipinski definition) is 2. The molecule has 3 atom stereocenters. The minimum atomic E-state index is -0.424. The van der Waals surface area contributed by atoms with E-state index < -0.39 is 6.10 Å². The summed E-state index contributed by atoms with van der Waals surface area (Å²) in [6.07, 6.45) is 3.79. The van der Waals surface area contributed by atoms with Gasteiger partial charge in [0, 0.05) is 18.9 Å². The van der Waals surface area contributed by atoms with Crippen LogP contribution >= 0.6 is 0 Å². The van der Waals surface area contributed by atoms with E-state index in [9.17, 15) is 9.90 Å². The summed E-state index contributed by atoms with van der Waals surface area (Å²) in [5.74, 6) is 0.683. The van der Waals surface area contributed by atoms with Crippen molar-refractivity contribution < 1.29 is 9.90 Å². The molecule has 0 fully saturated rings. The quantitative estimate of drug-likeness (QED) is 0.778. The van der Waals surface area contributed by atoms with Crippen LogP contribution in [0.5, 0.6) is 0 Å². The van der Waals surface area contributed by atoms with Crippen molar-refractivity contribution >= 4 is 5.91 Å². The highest BCUT2D eigenvalue weighted by Gasteiger charge is 2.34. The van der Waals surface area contributed by atoms with Crippen LogP contribution in [0.15, 0.2) is 54.6 Å². The molecule has 0 aromatic heterocycles. The van der Waals surface area contributed by atoms with E-state index in [1.54, 1.807) is 0 Å².